The quantitative estimate of drug-likeness (QED) is 0.515. The lowest BCUT2D eigenvalue weighted by molar-refractivity contribution is 0.108. The zero-order valence-electron chi connectivity index (χ0n) is 9.74. The maximum absolute atomic E-state index is 5.59. The van der Waals surface area contributed by atoms with E-state index in [4.69, 9.17) is 24.7 Å². The van der Waals surface area contributed by atoms with Gasteiger partial charge in [0.25, 0.3) is 0 Å². The minimum atomic E-state index is -2.71. The second kappa shape index (κ2) is 6.67. The molecule has 0 heterocycles. The van der Waals surface area contributed by atoms with Crippen LogP contribution in [0, 0.1) is 0 Å². The molecule has 0 bridgehead atoms. The van der Waals surface area contributed by atoms with Crippen molar-refractivity contribution in [1.29, 1.82) is 0 Å². The predicted molar refractivity (Wildman–Crippen MR) is 60.5 cm³/mol. The zero-order chi connectivity index (χ0) is 11.9. The molecule has 0 saturated carbocycles. The van der Waals surface area contributed by atoms with Crippen molar-refractivity contribution in [3.63, 3.8) is 0 Å². The fourth-order valence-electron chi connectivity index (χ4n) is 1.37. The molecule has 5 N–H and O–H groups in total. The van der Waals surface area contributed by atoms with Crippen LogP contribution in [0.15, 0.2) is 12.0 Å². The van der Waals surface area contributed by atoms with Gasteiger partial charge in [0.15, 0.2) is 0 Å². The van der Waals surface area contributed by atoms with Gasteiger partial charge in [0, 0.05) is 27.5 Å². The Morgan fingerprint density at radius 1 is 1.33 bits per heavy atom. The SMILES string of the molecule is CCC(N/C(N)=C/N)[Si](OC)(OC)OC. The minimum Gasteiger partial charge on any atom is -0.402 e. The summed E-state index contributed by atoms with van der Waals surface area (Å²) in [7, 11) is 1.97. The summed E-state index contributed by atoms with van der Waals surface area (Å²) >= 11 is 0. The number of hydrogen-bond acceptors (Lipinski definition) is 6. The highest BCUT2D eigenvalue weighted by atomic mass is 28.4. The van der Waals surface area contributed by atoms with Crippen LogP contribution in [0.25, 0.3) is 0 Å². The first-order valence-corrected chi connectivity index (χ1v) is 6.49. The summed E-state index contributed by atoms with van der Waals surface area (Å²) in [5.41, 5.74) is 10.8. The Bertz CT molecular complexity index is 201. The van der Waals surface area contributed by atoms with Gasteiger partial charge in [0.05, 0.1) is 5.67 Å². The van der Waals surface area contributed by atoms with Crippen molar-refractivity contribution < 1.29 is 13.3 Å². The van der Waals surface area contributed by atoms with E-state index in [-0.39, 0.29) is 5.67 Å². The predicted octanol–water partition coefficient (Wildman–Crippen LogP) is -0.512. The lowest BCUT2D eigenvalue weighted by Gasteiger charge is -2.32. The van der Waals surface area contributed by atoms with E-state index in [1.54, 1.807) is 21.3 Å². The van der Waals surface area contributed by atoms with Crippen molar-refractivity contribution in [2.75, 3.05) is 21.3 Å². The van der Waals surface area contributed by atoms with Crippen LogP contribution in [0.5, 0.6) is 0 Å². The van der Waals surface area contributed by atoms with E-state index < -0.39 is 8.80 Å². The molecule has 0 aliphatic carbocycles. The minimum absolute atomic E-state index is 0.114. The van der Waals surface area contributed by atoms with Gasteiger partial charge in [-0.25, -0.2) is 0 Å². The zero-order valence-corrected chi connectivity index (χ0v) is 10.7. The van der Waals surface area contributed by atoms with Crippen molar-refractivity contribution in [1.82, 2.24) is 5.32 Å². The molecule has 0 fully saturated rings. The second-order valence-electron chi connectivity index (χ2n) is 2.94. The van der Waals surface area contributed by atoms with E-state index in [9.17, 15) is 0 Å². The highest BCUT2D eigenvalue weighted by Crippen LogP contribution is 2.15. The monoisotopic (exact) mass is 235 g/mol. The van der Waals surface area contributed by atoms with Crippen LogP contribution in [0.4, 0.5) is 0 Å². The maximum Gasteiger partial charge on any atom is 0.523 e. The molecule has 0 aromatic rings. The Morgan fingerprint density at radius 3 is 2.07 bits per heavy atom. The Hall–Kier alpha value is -0.763. The van der Waals surface area contributed by atoms with Gasteiger partial charge in [0.2, 0.25) is 0 Å². The average molecular weight is 235 g/mol. The second-order valence-corrected chi connectivity index (χ2v) is 6.07. The smallest absolute Gasteiger partial charge is 0.402 e. The van der Waals surface area contributed by atoms with E-state index in [2.05, 4.69) is 5.32 Å². The number of hydrogen-bond donors (Lipinski definition) is 3. The van der Waals surface area contributed by atoms with Gasteiger partial charge in [0.1, 0.15) is 5.82 Å². The number of nitrogens with two attached hydrogens (primary N) is 2. The summed E-state index contributed by atoms with van der Waals surface area (Å²) < 4.78 is 16.0. The topological polar surface area (TPSA) is 91.8 Å². The van der Waals surface area contributed by atoms with Crippen LogP contribution >= 0.6 is 0 Å². The molecule has 1 atom stereocenters. The third kappa shape index (κ3) is 3.38. The van der Waals surface area contributed by atoms with Gasteiger partial charge < -0.3 is 30.1 Å². The lowest BCUT2D eigenvalue weighted by atomic mass is 10.5. The average Bonchev–Trinajstić information content (AvgIpc) is 2.29. The van der Waals surface area contributed by atoms with E-state index >= 15 is 0 Å². The van der Waals surface area contributed by atoms with Gasteiger partial charge in [-0.2, -0.15) is 0 Å². The summed E-state index contributed by atoms with van der Waals surface area (Å²) in [5.74, 6) is 0.380. The largest absolute Gasteiger partial charge is 0.523 e. The van der Waals surface area contributed by atoms with E-state index in [0.717, 1.165) is 6.42 Å². The molecule has 0 aliphatic heterocycles. The Labute approximate surface area is 91.9 Å². The molecule has 0 aromatic heterocycles. The fraction of sp³-hybridized carbons (Fsp3) is 0.750. The first kappa shape index (κ1) is 14.2. The van der Waals surface area contributed by atoms with Crippen molar-refractivity contribution in [3.8, 4) is 0 Å². The van der Waals surface area contributed by atoms with Gasteiger partial charge in [-0.1, -0.05) is 6.92 Å². The fourth-order valence-corrected chi connectivity index (χ4v) is 3.56. The van der Waals surface area contributed by atoms with Crippen LogP contribution in [-0.4, -0.2) is 35.8 Å². The molecule has 0 amide bonds. The molecule has 15 heavy (non-hydrogen) atoms. The summed E-state index contributed by atoms with van der Waals surface area (Å²) in [5, 5.41) is 3.01. The van der Waals surface area contributed by atoms with Crippen LogP contribution in [0.1, 0.15) is 13.3 Å². The maximum atomic E-state index is 5.59. The number of nitrogens with one attached hydrogen (secondary N) is 1. The van der Waals surface area contributed by atoms with Gasteiger partial charge in [-0.15, -0.1) is 0 Å². The third-order valence-electron chi connectivity index (χ3n) is 2.21. The van der Waals surface area contributed by atoms with Gasteiger partial charge in [-0.05, 0) is 6.42 Å². The highest BCUT2D eigenvalue weighted by Gasteiger charge is 2.46. The molecule has 1 unspecified atom stereocenters. The molecule has 0 rings (SSSR count). The molecule has 0 spiro atoms. The highest BCUT2D eigenvalue weighted by molar-refractivity contribution is 6.62. The molecule has 0 saturated heterocycles. The summed E-state index contributed by atoms with van der Waals surface area (Å²) in [6.45, 7) is 1.99. The normalized spacial score (nSPS) is 15.1. The van der Waals surface area contributed by atoms with Crippen molar-refractivity contribution >= 4 is 8.80 Å². The Balaban J connectivity index is 4.74. The van der Waals surface area contributed by atoms with Crippen LogP contribution in [-0.2, 0) is 13.3 Å². The molecular weight excluding hydrogens is 214 g/mol. The molecular formula is C8H21N3O3Si. The van der Waals surface area contributed by atoms with Crippen molar-refractivity contribution in [3.05, 3.63) is 12.0 Å². The lowest BCUT2D eigenvalue weighted by Crippen LogP contribution is -2.60. The van der Waals surface area contributed by atoms with Gasteiger partial charge >= 0.3 is 8.80 Å². The molecule has 0 aliphatic rings. The van der Waals surface area contributed by atoms with Crippen LogP contribution in [0.2, 0.25) is 0 Å². The first-order chi connectivity index (χ1) is 7.10. The Morgan fingerprint density at radius 2 is 1.80 bits per heavy atom. The molecule has 0 radical (unpaired) electrons. The van der Waals surface area contributed by atoms with E-state index in [0.29, 0.717) is 5.82 Å². The van der Waals surface area contributed by atoms with Gasteiger partial charge in [-0.3, -0.25) is 0 Å². The summed E-state index contributed by atoms with van der Waals surface area (Å²) in [6.07, 6.45) is 2.05. The molecule has 0 aromatic carbocycles. The summed E-state index contributed by atoms with van der Waals surface area (Å²) in [4.78, 5) is 0. The van der Waals surface area contributed by atoms with Crippen molar-refractivity contribution in [2.24, 2.45) is 11.5 Å². The molecule has 90 valence electrons. The molecule has 6 nitrogen and oxygen atoms in total. The Kier molecular flexibility index (Phi) is 6.33. The first-order valence-electron chi connectivity index (χ1n) is 4.69. The van der Waals surface area contributed by atoms with Crippen LogP contribution < -0.4 is 16.8 Å². The standard InChI is InChI=1S/C8H21N3O3Si/c1-5-8(11-7(10)6-9)15(12-2,13-3)14-4/h6,8,11H,5,9-10H2,1-4H3/b7-6+. The van der Waals surface area contributed by atoms with Crippen LogP contribution in [0.3, 0.4) is 0 Å². The van der Waals surface area contributed by atoms with E-state index in [1.807, 2.05) is 6.92 Å². The number of rotatable bonds is 7. The summed E-state index contributed by atoms with van der Waals surface area (Å²) in [6, 6.07) is 0. The molecule has 7 heteroatoms. The third-order valence-corrected chi connectivity index (χ3v) is 5.32. The van der Waals surface area contributed by atoms with Crippen molar-refractivity contribution in [2.45, 2.75) is 19.0 Å². The van der Waals surface area contributed by atoms with E-state index in [1.165, 1.54) is 6.20 Å².